The number of carbonyl (C=O) groups is 1. The zero-order valence-electron chi connectivity index (χ0n) is 10.1. The Morgan fingerprint density at radius 2 is 2.15 bits per heavy atom. The van der Waals surface area contributed by atoms with Gasteiger partial charge in [-0.3, -0.25) is 4.79 Å². The smallest absolute Gasteiger partial charge is 0.406 e. The highest BCUT2D eigenvalue weighted by Crippen LogP contribution is 2.35. The van der Waals surface area contributed by atoms with Crippen LogP contribution in [-0.2, 0) is 4.79 Å². The van der Waals surface area contributed by atoms with Crippen LogP contribution in [0.5, 0.6) is 5.75 Å². The number of hydrogen-bond acceptors (Lipinski definition) is 2. The van der Waals surface area contributed by atoms with Gasteiger partial charge in [0.15, 0.2) is 0 Å². The first-order valence-electron chi connectivity index (χ1n) is 5.62. The minimum Gasteiger partial charge on any atom is -0.406 e. The topological polar surface area (TPSA) is 29.5 Å². The summed E-state index contributed by atoms with van der Waals surface area (Å²) in [6.07, 6.45) is 0.771. The van der Waals surface area contributed by atoms with Crippen molar-refractivity contribution in [1.29, 1.82) is 0 Å². The summed E-state index contributed by atoms with van der Waals surface area (Å²) >= 11 is 3.14. The number of halogens is 4. The van der Waals surface area contributed by atoms with Gasteiger partial charge < -0.3 is 9.64 Å². The Hall–Kier alpha value is -1.68. The van der Waals surface area contributed by atoms with Gasteiger partial charge in [-0.15, -0.1) is 25.5 Å². The lowest BCUT2D eigenvalue weighted by atomic mass is 10.1. The molecule has 0 radical (unpaired) electrons. The van der Waals surface area contributed by atoms with E-state index >= 15 is 0 Å². The van der Waals surface area contributed by atoms with Crippen molar-refractivity contribution in [2.45, 2.75) is 12.8 Å². The summed E-state index contributed by atoms with van der Waals surface area (Å²) in [5.41, 5.74) is 0.474. The van der Waals surface area contributed by atoms with E-state index in [0.29, 0.717) is 16.7 Å². The van der Waals surface area contributed by atoms with Gasteiger partial charge in [0.05, 0.1) is 5.69 Å². The lowest BCUT2D eigenvalue weighted by Crippen LogP contribution is -2.25. The van der Waals surface area contributed by atoms with Crippen molar-refractivity contribution in [2.75, 3.05) is 11.4 Å². The van der Waals surface area contributed by atoms with E-state index in [1.807, 2.05) is 0 Å². The van der Waals surface area contributed by atoms with Crippen molar-refractivity contribution in [1.82, 2.24) is 0 Å². The summed E-state index contributed by atoms with van der Waals surface area (Å²) in [7, 11) is 0. The third-order valence-electron chi connectivity index (χ3n) is 2.80. The van der Waals surface area contributed by atoms with Gasteiger partial charge in [-0.1, -0.05) is 0 Å². The molecule has 0 aliphatic carbocycles. The fourth-order valence-electron chi connectivity index (χ4n) is 1.96. The number of ether oxygens (including phenoxy) is 1. The summed E-state index contributed by atoms with van der Waals surface area (Å²) in [5.74, 6) is 1.82. The molecule has 2 rings (SSSR count). The molecule has 1 amide bonds. The van der Waals surface area contributed by atoms with Gasteiger partial charge >= 0.3 is 6.36 Å². The molecule has 1 fully saturated rings. The van der Waals surface area contributed by atoms with E-state index in [9.17, 15) is 18.0 Å². The molecule has 0 bridgehead atoms. The molecule has 20 heavy (non-hydrogen) atoms. The van der Waals surface area contributed by atoms with Crippen LogP contribution >= 0.6 is 15.9 Å². The van der Waals surface area contributed by atoms with Crippen LogP contribution in [0.15, 0.2) is 22.7 Å². The Morgan fingerprint density at radius 1 is 1.45 bits per heavy atom. The van der Waals surface area contributed by atoms with Crippen LogP contribution in [-0.4, -0.2) is 18.8 Å². The molecule has 1 aromatic carbocycles. The number of terminal acetylenes is 1. The molecular formula is C13H9BrF3NO2. The summed E-state index contributed by atoms with van der Waals surface area (Å²) in [6, 6.07) is 3.71. The lowest BCUT2D eigenvalue weighted by molar-refractivity contribution is -0.274. The van der Waals surface area contributed by atoms with Crippen LogP contribution in [0.4, 0.5) is 18.9 Å². The third-order valence-corrected chi connectivity index (χ3v) is 3.44. The second-order valence-electron chi connectivity index (χ2n) is 4.23. The SMILES string of the molecule is C#CC1CC(=O)N(c2ccc(OC(F)(F)F)cc2Br)C1. The quantitative estimate of drug-likeness (QED) is 0.768. The first-order chi connectivity index (χ1) is 9.30. The summed E-state index contributed by atoms with van der Waals surface area (Å²) in [6.45, 7) is 0.355. The Balaban J connectivity index is 2.23. The maximum Gasteiger partial charge on any atom is 0.573 e. The predicted octanol–water partition coefficient (Wildman–Crippen LogP) is 3.33. The standard InChI is InChI=1S/C13H9BrF3NO2/c1-2-8-5-12(19)18(7-8)11-4-3-9(6-10(11)14)20-13(15,16)17/h1,3-4,6,8H,5,7H2. The molecule has 1 aliphatic rings. The van der Waals surface area contributed by atoms with Crippen molar-refractivity contribution >= 4 is 27.5 Å². The number of hydrogen-bond donors (Lipinski definition) is 0. The van der Waals surface area contributed by atoms with Crippen molar-refractivity contribution < 1.29 is 22.7 Å². The average molecular weight is 348 g/mol. The van der Waals surface area contributed by atoms with E-state index in [-0.39, 0.29) is 24.0 Å². The van der Waals surface area contributed by atoms with E-state index in [4.69, 9.17) is 6.42 Å². The van der Waals surface area contributed by atoms with Gasteiger partial charge in [0.2, 0.25) is 5.91 Å². The van der Waals surface area contributed by atoms with Gasteiger partial charge in [0.25, 0.3) is 0 Å². The first kappa shape index (κ1) is 14.7. The molecule has 1 unspecified atom stereocenters. The molecule has 1 atom stereocenters. The van der Waals surface area contributed by atoms with Crippen molar-refractivity contribution in [3.63, 3.8) is 0 Å². The predicted molar refractivity (Wildman–Crippen MR) is 70.1 cm³/mol. The minimum absolute atomic E-state index is 0.155. The maximum absolute atomic E-state index is 12.1. The number of carbonyl (C=O) groups excluding carboxylic acids is 1. The Morgan fingerprint density at radius 3 is 2.65 bits per heavy atom. The fourth-order valence-corrected chi connectivity index (χ4v) is 2.53. The molecule has 1 aromatic rings. The van der Waals surface area contributed by atoms with E-state index < -0.39 is 6.36 Å². The third kappa shape index (κ3) is 3.25. The van der Waals surface area contributed by atoms with Crippen molar-refractivity contribution in [2.24, 2.45) is 5.92 Å². The summed E-state index contributed by atoms with van der Waals surface area (Å²) in [5, 5.41) is 0. The van der Waals surface area contributed by atoms with Gasteiger partial charge in [0, 0.05) is 23.4 Å². The Kier molecular flexibility index (Phi) is 3.95. The molecule has 1 heterocycles. The number of benzene rings is 1. The van der Waals surface area contributed by atoms with E-state index in [1.54, 1.807) is 0 Å². The van der Waals surface area contributed by atoms with Crippen molar-refractivity contribution in [3.8, 4) is 18.1 Å². The largest absolute Gasteiger partial charge is 0.573 e. The Bertz CT molecular complexity index is 580. The number of anilines is 1. The zero-order valence-corrected chi connectivity index (χ0v) is 11.7. The fraction of sp³-hybridized carbons (Fsp3) is 0.308. The molecule has 0 N–H and O–H groups in total. The minimum atomic E-state index is -4.75. The van der Waals surface area contributed by atoms with Crippen LogP contribution in [0.2, 0.25) is 0 Å². The van der Waals surface area contributed by atoms with E-state index in [1.165, 1.54) is 17.0 Å². The summed E-state index contributed by atoms with van der Waals surface area (Å²) < 4.78 is 40.5. The first-order valence-corrected chi connectivity index (χ1v) is 6.41. The number of nitrogens with zero attached hydrogens (tertiary/aromatic N) is 1. The van der Waals surface area contributed by atoms with Gasteiger partial charge in [-0.25, -0.2) is 0 Å². The average Bonchev–Trinajstić information content (AvgIpc) is 2.69. The van der Waals surface area contributed by atoms with Gasteiger partial charge in [-0.2, -0.15) is 0 Å². The highest BCUT2D eigenvalue weighted by molar-refractivity contribution is 9.10. The zero-order chi connectivity index (χ0) is 14.9. The molecular weight excluding hydrogens is 339 g/mol. The van der Waals surface area contributed by atoms with Crippen LogP contribution in [0.1, 0.15) is 6.42 Å². The van der Waals surface area contributed by atoms with E-state index in [0.717, 1.165) is 6.07 Å². The second-order valence-corrected chi connectivity index (χ2v) is 5.09. The molecule has 0 aromatic heterocycles. The highest BCUT2D eigenvalue weighted by atomic mass is 79.9. The normalized spacial score (nSPS) is 19.1. The van der Waals surface area contributed by atoms with Gasteiger partial charge in [-0.05, 0) is 34.1 Å². The van der Waals surface area contributed by atoms with Crippen molar-refractivity contribution in [3.05, 3.63) is 22.7 Å². The van der Waals surface area contributed by atoms with Gasteiger partial charge in [0.1, 0.15) is 5.75 Å². The molecule has 3 nitrogen and oxygen atoms in total. The number of amides is 1. The van der Waals surface area contributed by atoms with Crippen LogP contribution in [0.3, 0.4) is 0 Å². The molecule has 1 aliphatic heterocycles. The molecule has 1 saturated heterocycles. The highest BCUT2D eigenvalue weighted by Gasteiger charge is 2.33. The molecule has 106 valence electrons. The second kappa shape index (κ2) is 5.37. The number of alkyl halides is 3. The lowest BCUT2D eigenvalue weighted by Gasteiger charge is -2.18. The monoisotopic (exact) mass is 347 g/mol. The molecule has 0 spiro atoms. The van der Waals surface area contributed by atoms with Crippen LogP contribution in [0, 0.1) is 18.3 Å². The van der Waals surface area contributed by atoms with Crippen LogP contribution < -0.4 is 9.64 Å². The number of rotatable bonds is 2. The van der Waals surface area contributed by atoms with Crippen LogP contribution in [0.25, 0.3) is 0 Å². The maximum atomic E-state index is 12.1. The Labute approximate surface area is 121 Å². The molecule has 7 heteroatoms. The molecule has 0 saturated carbocycles. The summed E-state index contributed by atoms with van der Waals surface area (Å²) in [4.78, 5) is 13.3. The van der Waals surface area contributed by atoms with E-state index in [2.05, 4.69) is 26.6 Å².